The Balaban J connectivity index is 1.41. The van der Waals surface area contributed by atoms with Gasteiger partial charge in [-0.05, 0) is 28.8 Å². The molecular weight excluding hydrogens is 452 g/mol. The molecule has 37 heavy (non-hydrogen) atoms. The molecule has 1 aliphatic carbocycles. The van der Waals surface area contributed by atoms with Crippen molar-refractivity contribution in [3.8, 4) is 33.9 Å². The van der Waals surface area contributed by atoms with Crippen LogP contribution in [0.3, 0.4) is 0 Å². The Morgan fingerprint density at radius 3 is 1.95 bits per heavy atom. The van der Waals surface area contributed by atoms with Gasteiger partial charge in [-0.3, -0.25) is 0 Å². The normalized spacial score (nSPS) is 17.5. The van der Waals surface area contributed by atoms with Crippen LogP contribution in [0.15, 0.2) is 133 Å². The molecule has 1 aromatic heterocycles. The number of aromatic nitrogens is 3. The summed E-state index contributed by atoms with van der Waals surface area (Å²) in [6.45, 7) is 0. The van der Waals surface area contributed by atoms with Gasteiger partial charge >= 0.3 is 0 Å². The average molecular weight is 477 g/mol. The minimum Gasteiger partial charge on any atom is -0.302 e. The van der Waals surface area contributed by atoms with Gasteiger partial charge in [-0.1, -0.05) is 121 Å². The molecule has 0 bridgehead atoms. The number of benzene rings is 4. The van der Waals surface area contributed by atoms with E-state index < -0.39 is 0 Å². The lowest BCUT2D eigenvalue weighted by Gasteiger charge is -2.27. The van der Waals surface area contributed by atoms with Crippen LogP contribution in [0.5, 0.6) is 0 Å². The van der Waals surface area contributed by atoms with Crippen molar-refractivity contribution in [2.75, 3.05) is 4.90 Å². The Kier molecular flexibility index (Phi) is 5.21. The Hall–Kier alpha value is -4.83. The first-order valence-corrected chi connectivity index (χ1v) is 12.6. The van der Waals surface area contributed by atoms with Gasteiger partial charge in [0.2, 0.25) is 5.95 Å². The van der Waals surface area contributed by atoms with Gasteiger partial charge in [0.25, 0.3) is 0 Å². The lowest BCUT2D eigenvalue weighted by Crippen LogP contribution is -2.30. The predicted molar refractivity (Wildman–Crippen MR) is 150 cm³/mol. The number of fused-ring (bicyclic) bond motifs is 3. The molecule has 7 rings (SSSR count). The fourth-order valence-corrected chi connectivity index (χ4v) is 5.31. The molecule has 0 saturated carbocycles. The van der Waals surface area contributed by atoms with Gasteiger partial charge in [-0.15, -0.1) is 0 Å². The van der Waals surface area contributed by atoms with Gasteiger partial charge in [0.15, 0.2) is 11.6 Å². The lowest BCUT2D eigenvalue weighted by atomic mass is 9.92. The number of rotatable bonds is 4. The number of allylic oxidation sites excluding steroid dienone is 2. The van der Waals surface area contributed by atoms with E-state index in [0.29, 0.717) is 17.6 Å². The fourth-order valence-electron chi connectivity index (χ4n) is 5.31. The van der Waals surface area contributed by atoms with Crippen molar-refractivity contribution in [1.82, 2.24) is 15.0 Å². The van der Waals surface area contributed by atoms with Crippen LogP contribution in [-0.2, 0) is 0 Å². The van der Waals surface area contributed by atoms with E-state index >= 15 is 0 Å². The first-order chi connectivity index (χ1) is 18.3. The first-order valence-electron chi connectivity index (χ1n) is 12.6. The first kappa shape index (κ1) is 21.5. The summed E-state index contributed by atoms with van der Waals surface area (Å²) >= 11 is 0. The Morgan fingerprint density at radius 1 is 0.514 bits per heavy atom. The number of para-hydroxylation sites is 1. The predicted octanol–water partition coefficient (Wildman–Crippen LogP) is 7.60. The van der Waals surface area contributed by atoms with Crippen molar-refractivity contribution in [1.29, 1.82) is 0 Å². The molecule has 4 heteroatoms. The number of nitrogens with zero attached hydrogens (tertiary/aromatic N) is 4. The number of hydrogen-bond acceptors (Lipinski definition) is 4. The molecule has 0 spiro atoms. The monoisotopic (exact) mass is 476 g/mol. The Morgan fingerprint density at radius 2 is 1.14 bits per heavy atom. The maximum atomic E-state index is 5.08. The quantitative estimate of drug-likeness (QED) is 0.268. The number of hydrogen-bond donors (Lipinski definition) is 0. The minimum atomic E-state index is 0.122. The summed E-state index contributed by atoms with van der Waals surface area (Å²) in [6.07, 6.45) is 8.76. The molecule has 0 radical (unpaired) electrons. The van der Waals surface area contributed by atoms with Crippen LogP contribution >= 0.6 is 0 Å². The Bertz CT molecular complexity index is 1640. The van der Waals surface area contributed by atoms with Crippen molar-refractivity contribution in [2.24, 2.45) is 0 Å². The molecule has 4 nitrogen and oxygen atoms in total. The summed E-state index contributed by atoms with van der Waals surface area (Å²) in [4.78, 5) is 17.3. The van der Waals surface area contributed by atoms with E-state index in [2.05, 4.69) is 102 Å². The topological polar surface area (TPSA) is 41.9 Å². The molecular formula is C33H24N4. The van der Waals surface area contributed by atoms with Crippen molar-refractivity contribution in [2.45, 2.75) is 12.0 Å². The summed E-state index contributed by atoms with van der Waals surface area (Å²) in [5.74, 6) is 2.26. The molecule has 2 atom stereocenters. The molecule has 4 aromatic carbocycles. The summed E-state index contributed by atoms with van der Waals surface area (Å²) < 4.78 is 0. The second-order valence-electron chi connectivity index (χ2n) is 9.31. The van der Waals surface area contributed by atoms with Crippen LogP contribution in [0.25, 0.3) is 33.9 Å². The average Bonchev–Trinajstić information content (AvgIpc) is 3.32. The van der Waals surface area contributed by atoms with E-state index in [1.54, 1.807) is 0 Å². The molecule has 2 heterocycles. The van der Waals surface area contributed by atoms with E-state index in [1.165, 1.54) is 5.56 Å². The van der Waals surface area contributed by atoms with E-state index in [1.807, 2.05) is 36.4 Å². The van der Waals surface area contributed by atoms with E-state index in [4.69, 9.17) is 15.0 Å². The van der Waals surface area contributed by atoms with Gasteiger partial charge in [-0.2, -0.15) is 9.97 Å². The second kappa shape index (κ2) is 8.99. The lowest BCUT2D eigenvalue weighted by molar-refractivity contribution is 0.728. The van der Waals surface area contributed by atoms with Crippen LogP contribution < -0.4 is 4.90 Å². The molecule has 2 unspecified atom stereocenters. The van der Waals surface area contributed by atoms with Crippen LogP contribution in [0.1, 0.15) is 11.5 Å². The van der Waals surface area contributed by atoms with Crippen molar-refractivity contribution in [3.63, 3.8) is 0 Å². The minimum absolute atomic E-state index is 0.122. The van der Waals surface area contributed by atoms with E-state index in [9.17, 15) is 0 Å². The second-order valence-corrected chi connectivity index (χ2v) is 9.31. The largest absolute Gasteiger partial charge is 0.302 e. The zero-order chi connectivity index (χ0) is 24.6. The molecule has 5 aromatic rings. The zero-order valence-electron chi connectivity index (χ0n) is 20.1. The smallest absolute Gasteiger partial charge is 0.234 e. The third-order valence-electron chi connectivity index (χ3n) is 7.06. The molecule has 2 aliphatic rings. The van der Waals surface area contributed by atoms with Gasteiger partial charge in [0, 0.05) is 22.7 Å². The highest BCUT2D eigenvalue weighted by atomic mass is 15.3. The van der Waals surface area contributed by atoms with Crippen molar-refractivity contribution >= 4 is 11.6 Å². The van der Waals surface area contributed by atoms with Gasteiger partial charge in [0.1, 0.15) is 0 Å². The number of anilines is 2. The van der Waals surface area contributed by atoms with Gasteiger partial charge in [-0.25, -0.2) is 4.98 Å². The molecule has 0 saturated heterocycles. The van der Waals surface area contributed by atoms with Gasteiger partial charge in [0.05, 0.1) is 6.04 Å². The Labute approximate surface area is 216 Å². The summed E-state index contributed by atoms with van der Waals surface area (Å²) in [7, 11) is 0. The van der Waals surface area contributed by atoms with Crippen LogP contribution in [0.2, 0.25) is 0 Å². The van der Waals surface area contributed by atoms with Crippen molar-refractivity contribution < 1.29 is 0 Å². The highest BCUT2D eigenvalue weighted by Crippen LogP contribution is 2.46. The molecule has 0 fully saturated rings. The van der Waals surface area contributed by atoms with Gasteiger partial charge < -0.3 is 4.90 Å². The molecule has 0 N–H and O–H groups in total. The standard InChI is InChI=1S/C33H24N4/c1-3-12-23(13-4-1)25-16-11-17-26(22-25)32-34-31(24-14-5-2-6-15-24)35-33(36-32)37-29-20-9-7-18-27(29)28-19-8-10-21-30(28)37/h1-22,27,29H. The fraction of sp³-hybridized carbons (Fsp3) is 0.0606. The summed E-state index contributed by atoms with van der Waals surface area (Å²) in [5.41, 5.74) is 6.66. The molecule has 176 valence electrons. The van der Waals surface area contributed by atoms with Crippen LogP contribution in [0.4, 0.5) is 11.6 Å². The summed E-state index contributed by atoms with van der Waals surface area (Å²) in [6, 6.07) is 37.7. The van der Waals surface area contributed by atoms with Crippen molar-refractivity contribution in [3.05, 3.63) is 139 Å². The zero-order valence-corrected chi connectivity index (χ0v) is 20.1. The highest BCUT2D eigenvalue weighted by Gasteiger charge is 2.38. The SMILES string of the molecule is C1=CC2c3ccccc3N(c3nc(-c4ccccc4)nc(-c4cccc(-c5ccccc5)c4)n3)C2C=C1. The maximum absolute atomic E-state index is 5.08. The third-order valence-corrected chi connectivity index (χ3v) is 7.06. The van der Waals surface area contributed by atoms with Crippen LogP contribution in [-0.4, -0.2) is 21.0 Å². The summed E-state index contributed by atoms with van der Waals surface area (Å²) in [5, 5.41) is 0. The maximum Gasteiger partial charge on any atom is 0.234 e. The molecule has 1 aliphatic heterocycles. The van der Waals surface area contributed by atoms with E-state index in [-0.39, 0.29) is 12.0 Å². The van der Waals surface area contributed by atoms with E-state index in [0.717, 1.165) is 27.9 Å². The molecule has 0 amide bonds. The highest BCUT2D eigenvalue weighted by molar-refractivity contribution is 5.75. The van der Waals surface area contributed by atoms with Crippen LogP contribution in [0, 0.1) is 0 Å². The third kappa shape index (κ3) is 3.83.